The van der Waals surface area contributed by atoms with E-state index in [4.69, 9.17) is 15.0 Å². The molecule has 0 spiro atoms. The van der Waals surface area contributed by atoms with E-state index in [0.717, 1.165) is 66.6 Å². The van der Waals surface area contributed by atoms with Crippen molar-refractivity contribution in [2.45, 2.75) is 6.92 Å². The third-order valence-corrected chi connectivity index (χ3v) is 13.6. The molecule has 0 saturated carbocycles. The number of hydrogen-bond donors (Lipinski definition) is 0. The van der Waals surface area contributed by atoms with Gasteiger partial charge in [0.1, 0.15) is 0 Å². The fourth-order valence-corrected chi connectivity index (χ4v) is 10.4. The van der Waals surface area contributed by atoms with Crippen LogP contribution in [0, 0.1) is 6.92 Å². The summed E-state index contributed by atoms with van der Waals surface area (Å²) in [6.07, 6.45) is 0. The number of fused-ring (bicyclic) bond motifs is 7. The van der Waals surface area contributed by atoms with Gasteiger partial charge in [-0.3, -0.25) is 0 Å². The molecule has 13 rings (SSSR count). The van der Waals surface area contributed by atoms with E-state index < -0.39 is 0 Å². The lowest BCUT2D eigenvalue weighted by Crippen LogP contribution is -2.03. The molecular weight excluding hydrogens is 839 g/mol. The van der Waals surface area contributed by atoms with Gasteiger partial charge in [0.15, 0.2) is 17.5 Å². The molecule has 10 aromatic carbocycles. The molecule has 324 valence electrons. The molecule has 0 aliphatic rings. The molecule has 5 heteroatoms. The summed E-state index contributed by atoms with van der Waals surface area (Å²) in [6.45, 7) is 2.26. The summed E-state index contributed by atoms with van der Waals surface area (Å²) in [5.41, 5.74) is 17.7. The maximum absolute atomic E-state index is 5.22. The van der Waals surface area contributed by atoms with Crippen LogP contribution in [-0.2, 0) is 0 Å². The summed E-state index contributed by atoms with van der Waals surface area (Å²) in [4.78, 5) is 15.5. The molecule has 0 radical (unpaired) electrons. The fourth-order valence-electron chi connectivity index (χ4n) is 10.4. The molecule has 0 aliphatic heterocycles. The molecular formula is C64H43N5. The minimum atomic E-state index is 0.608. The summed E-state index contributed by atoms with van der Waals surface area (Å²) >= 11 is 0. The summed E-state index contributed by atoms with van der Waals surface area (Å²) in [5, 5.41) is 4.73. The smallest absolute Gasteiger partial charge is 0.166 e. The Morgan fingerprint density at radius 3 is 1.46 bits per heavy atom. The van der Waals surface area contributed by atoms with Gasteiger partial charge < -0.3 is 9.13 Å². The van der Waals surface area contributed by atoms with Crippen LogP contribution in [0.5, 0.6) is 0 Å². The van der Waals surface area contributed by atoms with Crippen LogP contribution in [-0.4, -0.2) is 24.1 Å². The zero-order valence-corrected chi connectivity index (χ0v) is 37.8. The third-order valence-electron chi connectivity index (χ3n) is 13.6. The predicted molar refractivity (Wildman–Crippen MR) is 286 cm³/mol. The molecule has 0 atom stereocenters. The highest BCUT2D eigenvalue weighted by atomic mass is 15.1. The predicted octanol–water partition coefficient (Wildman–Crippen LogP) is 16.4. The van der Waals surface area contributed by atoms with E-state index >= 15 is 0 Å². The Kier molecular flexibility index (Phi) is 9.65. The molecule has 0 amide bonds. The van der Waals surface area contributed by atoms with Crippen molar-refractivity contribution in [2.75, 3.05) is 0 Å². The van der Waals surface area contributed by atoms with Crippen molar-refractivity contribution >= 4 is 43.6 Å². The van der Waals surface area contributed by atoms with Crippen LogP contribution in [0.3, 0.4) is 0 Å². The first kappa shape index (κ1) is 40.1. The van der Waals surface area contributed by atoms with E-state index in [9.17, 15) is 0 Å². The van der Waals surface area contributed by atoms with Crippen LogP contribution >= 0.6 is 0 Å². The molecule has 0 aliphatic carbocycles. The fraction of sp³-hybridized carbons (Fsp3) is 0.0156. The summed E-state index contributed by atoms with van der Waals surface area (Å²) in [5.74, 6) is 1.86. The Morgan fingerprint density at radius 1 is 0.304 bits per heavy atom. The molecule has 0 unspecified atom stereocenters. The van der Waals surface area contributed by atoms with Gasteiger partial charge in [-0.2, -0.15) is 0 Å². The second kappa shape index (κ2) is 16.6. The largest absolute Gasteiger partial charge is 0.308 e. The zero-order chi connectivity index (χ0) is 45.8. The van der Waals surface area contributed by atoms with Crippen molar-refractivity contribution in [3.8, 4) is 78.9 Å². The lowest BCUT2D eigenvalue weighted by atomic mass is 9.91. The first-order valence-electron chi connectivity index (χ1n) is 23.4. The average molecular weight is 882 g/mol. The number of nitrogens with zero attached hydrogens (tertiary/aromatic N) is 5. The zero-order valence-electron chi connectivity index (χ0n) is 37.8. The molecule has 0 N–H and O–H groups in total. The van der Waals surface area contributed by atoms with Gasteiger partial charge >= 0.3 is 0 Å². The maximum Gasteiger partial charge on any atom is 0.166 e. The van der Waals surface area contributed by atoms with Crippen molar-refractivity contribution < 1.29 is 0 Å². The van der Waals surface area contributed by atoms with Crippen LogP contribution in [0.25, 0.3) is 123 Å². The third kappa shape index (κ3) is 6.82. The molecule has 3 heterocycles. The number of para-hydroxylation sites is 3. The van der Waals surface area contributed by atoms with Gasteiger partial charge in [0, 0.05) is 43.9 Å². The second-order valence-corrected chi connectivity index (χ2v) is 17.6. The van der Waals surface area contributed by atoms with E-state index in [2.05, 4.69) is 222 Å². The van der Waals surface area contributed by atoms with E-state index in [1.807, 2.05) is 36.4 Å². The maximum atomic E-state index is 5.22. The normalized spacial score (nSPS) is 11.6. The second-order valence-electron chi connectivity index (χ2n) is 17.6. The van der Waals surface area contributed by atoms with Gasteiger partial charge in [-0.05, 0) is 94.4 Å². The average Bonchev–Trinajstić information content (AvgIpc) is 3.95. The van der Waals surface area contributed by atoms with E-state index in [-0.39, 0.29) is 0 Å². The summed E-state index contributed by atoms with van der Waals surface area (Å²) < 4.78 is 4.91. The van der Waals surface area contributed by atoms with E-state index in [1.165, 1.54) is 44.0 Å². The van der Waals surface area contributed by atoms with Gasteiger partial charge in [0.25, 0.3) is 0 Å². The van der Waals surface area contributed by atoms with E-state index in [1.54, 1.807) is 0 Å². The first-order chi connectivity index (χ1) is 34.2. The van der Waals surface area contributed by atoms with Crippen molar-refractivity contribution in [2.24, 2.45) is 0 Å². The van der Waals surface area contributed by atoms with Crippen LogP contribution in [0.15, 0.2) is 243 Å². The van der Waals surface area contributed by atoms with Gasteiger partial charge in [-0.1, -0.05) is 194 Å². The molecule has 13 aromatic rings. The van der Waals surface area contributed by atoms with Crippen LogP contribution in [0.2, 0.25) is 0 Å². The molecule has 0 bridgehead atoms. The van der Waals surface area contributed by atoms with Gasteiger partial charge in [0.2, 0.25) is 0 Å². The lowest BCUT2D eigenvalue weighted by molar-refractivity contribution is 1.06. The monoisotopic (exact) mass is 881 g/mol. The Morgan fingerprint density at radius 2 is 0.797 bits per heavy atom. The van der Waals surface area contributed by atoms with Crippen LogP contribution in [0.1, 0.15) is 5.56 Å². The van der Waals surface area contributed by atoms with Gasteiger partial charge in [0.05, 0.1) is 27.8 Å². The van der Waals surface area contributed by atoms with Crippen molar-refractivity contribution in [1.29, 1.82) is 0 Å². The minimum absolute atomic E-state index is 0.608. The highest BCUT2D eigenvalue weighted by Crippen LogP contribution is 2.45. The quantitative estimate of drug-likeness (QED) is 0.153. The number of aromatic nitrogens is 5. The van der Waals surface area contributed by atoms with Crippen LogP contribution in [0.4, 0.5) is 0 Å². The molecule has 0 saturated heterocycles. The Hall–Kier alpha value is -9.19. The minimum Gasteiger partial charge on any atom is -0.308 e. The van der Waals surface area contributed by atoms with Crippen LogP contribution < -0.4 is 0 Å². The molecule has 3 aromatic heterocycles. The van der Waals surface area contributed by atoms with Crippen molar-refractivity contribution in [3.63, 3.8) is 0 Å². The molecule has 69 heavy (non-hydrogen) atoms. The molecule has 5 nitrogen and oxygen atoms in total. The Bertz CT molecular complexity index is 4000. The summed E-state index contributed by atoms with van der Waals surface area (Å²) in [6, 6.07) is 86.4. The Labute approximate surface area is 399 Å². The first-order valence-corrected chi connectivity index (χ1v) is 23.4. The van der Waals surface area contributed by atoms with E-state index in [0.29, 0.717) is 17.5 Å². The van der Waals surface area contributed by atoms with Gasteiger partial charge in [-0.25, -0.2) is 15.0 Å². The topological polar surface area (TPSA) is 48.5 Å². The number of rotatable bonds is 8. The van der Waals surface area contributed by atoms with Crippen molar-refractivity contribution in [3.05, 3.63) is 248 Å². The number of benzene rings is 10. The standard InChI is InChI=1S/C64H43N5/c1-42-50(44-23-8-3-9-24-44)32-20-33-51(42)48-39-47(43-21-6-2-7-22-43)40-49(41-48)68-56-34-17-14-29-52(56)53-37-38-59-60(61(53)68)54-30-15-18-35-57(54)69(59)58-36-19-16-31-55(58)64-66-62(45-25-10-4-11-26-45)65-63(67-64)46-27-12-5-13-28-46/h2-41H,1H3. The highest BCUT2D eigenvalue weighted by Gasteiger charge is 2.24. The Balaban J connectivity index is 1.09. The number of hydrogen-bond acceptors (Lipinski definition) is 3. The lowest BCUT2D eigenvalue weighted by Gasteiger charge is -2.17. The molecule has 0 fully saturated rings. The summed E-state index contributed by atoms with van der Waals surface area (Å²) in [7, 11) is 0. The SMILES string of the molecule is Cc1c(-c2ccccc2)cccc1-c1cc(-c2ccccc2)cc(-n2c3ccccc3c3ccc4c(c5ccccc5n4-c4ccccc4-c4nc(-c5ccccc5)nc(-c5ccccc5)n4)c32)c1. The van der Waals surface area contributed by atoms with Gasteiger partial charge in [-0.15, -0.1) is 0 Å². The highest BCUT2D eigenvalue weighted by molar-refractivity contribution is 6.26. The van der Waals surface area contributed by atoms with Crippen molar-refractivity contribution in [1.82, 2.24) is 24.1 Å².